The molecule has 0 aromatic heterocycles. The maximum absolute atomic E-state index is 9.90. The van der Waals surface area contributed by atoms with Crippen LogP contribution in [-0.2, 0) is 19.3 Å². The Bertz CT molecular complexity index is 400. The average Bonchev–Trinajstić information content (AvgIpc) is 2.44. The second-order valence-electron chi connectivity index (χ2n) is 5.77. The largest absolute Gasteiger partial charge is 0.390 e. The molecule has 0 aliphatic heterocycles. The molecule has 1 aromatic rings. The Hall–Kier alpha value is -0.860. The third-order valence-corrected chi connectivity index (χ3v) is 4.17. The smallest absolute Gasteiger partial charge is 0.0802 e. The molecule has 1 aliphatic rings. The van der Waals surface area contributed by atoms with Gasteiger partial charge in [-0.25, -0.2) is 0 Å². The van der Waals surface area contributed by atoms with Crippen LogP contribution in [0.15, 0.2) is 18.2 Å². The first kappa shape index (κ1) is 14.5. The molecule has 0 amide bonds. The van der Waals surface area contributed by atoms with Crippen molar-refractivity contribution in [2.24, 2.45) is 0 Å². The van der Waals surface area contributed by atoms with E-state index >= 15 is 0 Å². The van der Waals surface area contributed by atoms with E-state index < -0.39 is 12.2 Å². The van der Waals surface area contributed by atoms with Gasteiger partial charge in [0, 0.05) is 0 Å². The standard InChI is InChI=1S/C17H26O2/c1-2-5-16(18)17(19)11-9-13-8-10-14-6-3-4-7-15(14)12-13/h8,10,12,16-19H,2-7,9,11H2,1H3. The van der Waals surface area contributed by atoms with Crippen LogP contribution in [0.25, 0.3) is 0 Å². The van der Waals surface area contributed by atoms with Crippen molar-refractivity contribution in [1.29, 1.82) is 0 Å². The first-order valence-corrected chi connectivity index (χ1v) is 7.67. The van der Waals surface area contributed by atoms with Crippen LogP contribution in [0, 0.1) is 0 Å². The molecule has 0 bridgehead atoms. The molecule has 2 unspecified atom stereocenters. The molecular weight excluding hydrogens is 236 g/mol. The van der Waals surface area contributed by atoms with E-state index in [2.05, 4.69) is 18.2 Å². The molecule has 19 heavy (non-hydrogen) atoms. The van der Waals surface area contributed by atoms with Crippen molar-refractivity contribution in [2.75, 3.05) is 0 Å². The first-order chi connectivity index (χ1) is 9.20. The molecule has 106 valence electrons. The number of aliphatic hydroxyl groups excluding tert-OH is 2. The minimum absolute atomic E-state index is 0.567. The fourth-order valence-corrected chi connectivity index (χ4v) is 2.94. The van der Waals surface area contributed by atoms with Crippen molar-refractivity contribution in [2.45, 2.75) is 70.5 Å². The van der Waals surface area contributed by atoms with E-state index in [0.29, 0.717) is 12.8 Å². The number of hydrogen-bond acceptors (Lipinski definition) is 2. The lowest BCUT2D eigenvalue weighted by Gasteiger charge is -2.19. The molecule has 2 nitrogen and oxygen atoms in total. The number of hydrogen-bond donors (Lipinski definition) is 2. The molecule has 1 aliphatic carbocycles. The predicted octanol–water partition coefficient (Wildman–Crippen LogP) is 3.02. The molecule has 2 atom stereocenters. The van der Waals surface area contributed by atoms with Gasteiger partial charge in [-0.05, 0) is 61.6 Å². The van der Waals surface area contributed by atoms with Gasteiger partial charge in [-0.15, -0.1) is 0 Å². The minimum Gasteiger partial charge on any atom is -0.390 e. The van der Waals surface area contributed by atoms with Gasteiger partial charge in [0.2, 0.25) is 0 Å². The van der Waals surface area contributed by atoms with Crippen molar-refractivity contribution in [3.63, 3.8) is 0 Å². The van der Waals surface area contributed by atoms with Gasteiger partial charge in [-0.1, -0.05) is 31.5 Å². The van der Waals surface area contributed by atoms with Crippen LogP contribution in [0.3, 0.4) is 0 Å². The van der Waals surface area contributed by atoms with E-state index in [9.17, 15) is 10.2 Å². The van der Waals surface area contributed by atoms with Gasteiger partial charge in [-0.2, -0.15) is 0 Å². The predicted molar refractivity (Wildman–Crippen MR) is 78.3 cm³/mol. The number of fused-ring (bicyclic) bond motifs is 1. The highest BCUT2D eigenvalue weighted by atomic mass is 16.3. The summed E-state index contributed by atoms with van der Waals surface area (Å²) in [5.74, 6) is 0. The van der Waals surface area contributed by atoms with E-state index in [1.165, 1.54) is 42.4 Å². The number of aliphatic hydroxyl groups is 2. The first-order valence-electron chi connectivity index (χ1n) is 7.67. The summed E-state index contributed by atoms with van der Waals surface area (Å²) >= 11 is 0. The molecular formula is C17H26O2. The summed E-state index contributed by atoms with van der Waals surface area (Å²) in [6, 6.07) is 6.73. The Labute approximate surface area is 116 Å². The summed E-state index contributed by atoms with van der Waals surface area (Å²) in [5, 5.41) is 19.6. The van der Waals surface area contributed by atoms with Gasteiger partial charge in [0.1, 0.15) is 0 Å². The maximum atomic E-state index is 9.90. The summed E-state index contributed by atoms with van der Waals surface area (Å²) in [7, 11) is 0. The third-order valence-electron chi connectivity index (χ3n) is 4.17. The third kappa shape index (κ3) is 4.05. The average molecular weight is 262 g/mol. The van der Waals surface area contributed by atoms with Crippen LogP contribution in [0.5, 0.6) is 0 Å². The lowest BCUT2D eigenvalue weighted by molar-refractivity contribution is 0.00980. The van der Waals surface area contributed by atoms with Crippen LogP contribution in [0.1, 0.15) is 55.7 Å². The van der Waals surface area contributed by atoms with Crippen molar-refractivity contribution >= 4 is 0 Å². The van der Waals surface area contributed by atoms with Gasteiger partial charge in [-0.3, -0.25) is 0 Å². The molecule has 0 spiro atoms. The van der Waals surface area contributed by atoms with Gasteiger partial charge in [0.25, 0.3) is 0 Å². The van der Waals surface area contributed by atoms with Crippen LogP contribution < -0.4 is 0 Å². The fraction of sp³-hybridized carbons (Fsp3) is 0.647. The monoisotopic (exact) mass is 262 g/mol. The molecule has 2 heteroatoms. The topological polar surface area (TPSA) is 40.5 Å². The Balaban J connectivity index is 1.89. The van der Waals surface area contributed by atoms with Crippen molar-refractivity contribution in [3.05, 3.63) is 34.9 Å². The zero-order valence-corrected chi connectivity index (χ0v) is 11.9. The van der Waals surface area contributed by atoms with E-state index in [1.54, 1.807) is 0 Å². The van der Waals surface area contributed by atoms with E-state index in [-0.39, 0.29) is 0 Å². The maximum Gasteiger partial charge on any atom is 0.0802 e. The zero-order valence-electron chi connectivity index (χ0n) is 11.9. The van der Waals surface area contributed by atoms with Crippen LogP contribution in [0.2, 0.25) is 0 Å². The Kier molecular flexibility index (Phi) is 5.41. The molecule has 2 N–H and O–H groups in total. The molecule has 0 saturated carbocycles. The van der Waals surface area contributed by atoms with E-state index in [4.69, 9.17) is 0 Å². The normalized spacial score (nSPS) is 17.8. The SMILES string of the molecule is CCCC(O)C(O)CCc1ccc2c(c1)CCCC2. The Morgan fingerprint density at radius 2 is 1.68 bits per heavy atom. The van der Waals surface area contributed by atoms with E-state index in [1.807, 2.05) is 6.92 Å². The Morgan fingerprint density at radius 3 is 2.42 bits per heavy atom. The second-order valence-corrected chi connectivity index (χ2v) is 5.77. The molecule has 0 heterocycles. The minimum atomic E-state index is -0.587. The number of rotatable bonds is 6. The fourth-order valence-electron chi connectivity index (χ4n) is 2.94. The van der Waals surface area contributed by atoms with Gasteiger partial charge >= 0.3 is 0 Å². The molecule has 1 aromatic carbocycles. The Morgan fingerprint density at radius 1 is 1.00 bits per heavy atom. The van der Waals surface area contributed by atoms with Crippen LogP contribution in [-0.4, -0.2) is 22.4 Å². The zero-order chi connectivity index (χ0) is 13.7. The molecule has 0 saturated heterocycles. The summed E-state index contributed by atoms with van der Waals surface area (Å²) in [6.07, 6.45) is 6.98. The van der Waals surface area contributed by atoms with Crippen LogP contribution in [0.4, 0.5) is 0 Å². The van der Waals surface area contributed by atoms with Crippen LogP contribution >= 0.6 is 0 Å². The number of benzene rings is 1. The molecule has 0 radical (unpaired) electrons. The lowest BCUT2D eigenvalue weighted by Crippen LogP contribution is -2.26. The van der Waals surface area contributed by atoms with Gasteiger partial charge in [0.05, 0.1) is 12.2 Å². The molecule has 0 fully saturated rings. The van der Waals surface area contributed by atoms with E-state index in [0.717, 1.165) is 12.8 Å². The summed E-state index contributed by atoms with van der Waals surface area (Å²) in [6.45, 7) is 2.03. The quantitative estimate of drug-likeness (QED) is 0.827. The van der Waals surface area contributed by atoms with Crippen molar-refractivity contribution in [1.82, 2.24) is 0 Å². The highest BCUT2D eigenvalue weighted by Crippen LogP contribution is 2.23. The molecule has 2 rings (SSSR count). The highest BCUT2D eigenvalue weighted by molar-refractivity contribution is 5.33. The van der Waals surface area contributed by atoms with Gasteiger partial charge < -0.3 is 10.2 Å². The summed E-state index contributed by atoms with van der Waals surface area (Å²) in [5.41, 5.74) is 4.29. The lowest BCUT2D eigenvalue weighted by atomic mass is 9.89. The summed E-state index contributed by atoms with van der Waals surface area (Å²) in [4.78, 5) is 0. The highest BCUT2D eigenvalue weighted by Gasteiger charge is 2.15. The van der Waals surface area contributed by atoms with Crippen molar-refractivity contribution in [3.8, 4) is 0 Å². The number of aryl methyl sites for hydroxylation is 3. The van der Waals surface area contributed by atoms with Gasteiger partial charge in [0.15, 0.2) is 0 Å². The summed E-state index contributed by atoms with van der Waals surface area (Å²) < 4.78 is 0. The van der Waals surface area contributed by atoms with Crippen molar-refractivity contribution < 1.29 is 10.2 Å². The second kappa shape index (κ2) is 7.06.